The van der Waals surface area contributed by atoms with Crippen LogP contribution in [0.15, 0.2) is 42.6 Å². The maximum absolute atomic E-state index is 12.5. The zero-order valence-electron chi connectivity index (χ0n) is 11.7. The number of anilines is 1. The van der Waals surface area contributed by atoms with Gasteiger partial charge in [0.1, 0.15) is 5.69 Å². The highest BCUT2D eigenvalue weighted by Crippen LogP contribution is 2.22. The van der Waals surface area contributed by atoms with Gasteiger partial charge in [-0.25, -0.2) is 0 Å². The van der Waals surface area contributed by atoms with Gasteiger partial charge in [-0.05, 0) is 56.3 Å². The smallest absolute Gasteiger partial charge is 0.272 e. The summed E-state index contributed by atoms with van der Waals surface area (Å²) in [6, 6.07) is 11.4. The Morgan fingerprint density at radius 3 is 2.81 bits per heavy atom. The fraction of sp³-hybridized carbons (Fsp3) is 0.312. The van der Waals surface area contributed by atoms with Crippen LogP contribution in [0.3, 0.4) is 0 Å². The number of piperidine rings is 1. The molecular formula is C16H18ClN3O. The van der Waals surface area contributed by atoms with Crippen molar-refractivity contribution in [1.82, 2.24) is 9.88 Å². The van der Waals surface area contributed by atoms with Crippen molar-refractivity contribution in [3.05, 3.63) is 53.3 Å². The summed E-state index contributed by atoms with van der Waals surface area (Å²) >= 11 is 5.94. The summed E-state index contributed by atoms with van der Waals surface area (Å²) in [5, 5.41) is 6.86. The second-order valence-corrected chi connectivity index (χ2v) is 5.68. The van der Waals surface area contributed by atoms with Gasteiger partial charge in [0, 0.05) is 22.9 Å². The van der Waals surface area contributed by atoms with Gasteiger partial charge in [-0.1, -0.05) is 17.7 Å². The van der Waals surface area contributed by atoms with E-state index in [-0.39, 0.29) is 5.91 Å². The summed E-state index contributed by atoms with van der Waals surface area (Å²) in [7, 11) is 0. The monoisotopic (exact) mass is 303 g/mol. The lowest BCUT2D eigenvalue weighted by Crippen LogP contribution is -2.31. The van der Waals surface area contributed by atoms with Crippen molar-refractivity contribution in [3.8, 4) is 0 Å². The molecule has 1 aromatic heterocycles. The normalized spacial score (nSPS) is 15.9. The number of hydrogen-bond acceptors (Lipinski definition) is 2. The van der Waals surface area contributed by atoms with E-state index >= 15 is 0 Å². The van der Waals surface area contributed by atoms with Crippen LogP contribution in [-0.2, 0) is 0 Å². The number of nitrogens with zero attached hydrogens (tertiary/aromatic N) is 1. The standard InChI is InChI=1S/C16H18ClN3O/c17-12-3-1-4-13(11-12)19-16(21)15-5-2-10-20(15)14-6-8-18-9-7-14/h1-5,10-11,14,18H,6-9H2,(H,19,21). The van der Waals surface area contributed by atoms with Crippen LogP contribution in [0, 0.1) is 0 Å². The molecule has 0 saturated carbocycles. The Morgan fingerprint density at radius 2 is 2.05 bits per heavy atom. The number of carbonyl (C=O) groups excluding carboxylic acids is 1. The number of benzene rings is 1. The van der Waals surface area contributed by atoms with Crippen LogP contribution < -0.4 is 10.6 Å². The molecule has 0 aliphatic carbocycles. The van der Waals surface area contributed by atoms with Gasteiger partial charge in [0.05, 0.1) is 0 Å². The lowest BCUT2D eigenvalue weighted by Gasteiger charge is -2.25. The number of halogens is 1. The van der Waals surface area contributed by atoms with E-state index in [1.165, 1.54) is 0 Å². The van der Waals surface area contributed by atoms with Gasteiger partial charge in [-0.2, -0.15) is 0 Å². The third-order valence-electron chi connectivity index (χ3n) is 3.80. The van der Waals surface area contributed by atoms with Crippen molar-refractivity contribution >= 4 is 23.2 Å². The zero-order chi connectivity index (χ0) is 14.7. The second-order valence-electron chi connectivity index (χ2n) is 5.25. The molecule has 2 N–H and O–H groups in total. The molecule has 1 aromatic carbocycles. The predicted octanol–water partition coefficient (Wildman–Crippen LogP) is 3.32. The van der Waals surface area contributed by atoms with Gasteiger partial charge < -0.3 is 15.2 Å². The molecule has 21 heavy (non-hydrogen) atoms. The average molecular weight is 304 g/mol. The quantitative estimate of drug-likeness (QED) is 0.913. The first kappa shape index (κ1) is 14.2. The summed E-state index contributed by atoms with van der Waals surface area (Å²) < 4.78 is 2.08. The first-order valence-electron chi connectivity index (χ1n) is 7.18. The van der Waals surface area contributed by atoms with Crippen molar-refractivity contribution in [2.75, 3.05) is 18.4 Å². The van der Waals surface area contributed by atoms with Crippen molar-refractivity contribution in [2.45, 2.75) is 18.9 Å². The minimum atomic E-state index is -0.0965. The van der Waals surface area contributed by atoms with Crippen LogP contribution in [0.25, 0.3) is 0 Å². The van der Waals surface area contributed by atoms with Crippen molar-refractivity contribution in [3.63, 3.8) is 0 Å². The second kappa shape index (κ2) is 6.33. The third kappa shape index (κ3) is 3.28. The fourth-order valence-electron chi connectivity index (χ4n) is 2.75. The van der Waals surface area contributed by atoms with E-state index in [1.807, 2.05) is 30.5 Å². The lowest BCUT2D eigenvalue weighted by molar-refractivity contribution is 0.101. The van der Waals surface area contributed by atoms with E-state index in [9.17, 15) is 4.79 Å². The Morgan fingerprint density at radius 1 is 1.24 bits per heavy atom. The SMILES string of the molecule is O=C(Nc1cccc(Cl)c1)c1cccn1C1CCNCC1. The highest BCUT2D eigenvalue weighted by molar-refractivity contribution is 6.30. The van der Waals surface area contributed by atoms with Crippen LogP contribution >= 0.6 is 11.6 Å². The van der Waals surface area contributed by atoms with E-state index < -0.39 is 0 Å². The molecule has 0 unspecified atom stereocenters. The van der Waals surface area contributed by atoms with Crippen LogP contribution in [-0.4, -0.2) is 23.6 Å². The first-order chi connectivity index (χ1) is 10.2. The Labute approximate surface area is 129 Å². The summed E-state index contributed by atoms with van der Waals surface area (Å²) in [6.45, 7) is 2.00. The number of hydrogen-bond donors (Lipinski definition) is 2. The Balaban J connectivity index is 1.77. The number of carbonyl (C=O) groups is 1. The molecule has 1 fully saturated rings. The van der Waals surface area contributed by atoms with Crippen molar-refractivity contribution in [2.24, 2.45) is 0 Å². The molecule has 1 saturated heterocycles. The molecule has 110 valence electrons. The molecule has 3 rings (SSSR count). The molecule has 0 radical (unpaired) electrons. The largest absolute Gasteiger partial charge is 0.340 e. The van der Waals surface area contributed by atoms with Crippen LogP contribution in [0.4, 0.5) is 5.69 Å². The minimum Gasteiger partial charge on any atom is -0.340 e. The number of aromatic nitrogens is 1. The van der Waals surface area contributed by atoms with Crippen molar-refractivity contribution in [1.29, 1.82) is 0 Å². The number of amides is 1. The molecule has 1 aliphatic heterocycles. The maximum atomic E-state index is 12.5. The van der Waals surface area contributed by atoms with Crippen molar-refractivity contribution < 1.29 is 4.79 Å². The van der Waals surface area contributed by atoms with Crippen LogP contribution in [0.1, 0.15) is 29.4 Å². The minimum absolute atomic E-state index is 0.0965. The summed E-state index contributed by atoms with van der Waals surface area (Å²) in [5.74, 6) is -0.0965. The summed E-state index contributed by atoms with van der Waals surface area (Å²) in [4.78, 5) is 12.5. The van der Waals surface area contributed by atoms with Gasteiger partial charge in [-0.3, -0.25) is 4.79 Å². The highest BCUT2D eigenvalue weighted by Gasteiger charge is 2.19. The van der Waals surface area contributed by atoms with E-state index in [1.54, 1.807) is 12.1 Å². The molecular weight excluding hydrogens is 286 g/mol. The topological polar surface area (TPSA) is 46.1 Å². The van der Waals surface area contributed by atoms with Gasteiger partial charge in [-0.15, -0.1) is 0 Å². The van der Waals surface area contributed by atoms with Gasteiger partial charge >= 0.3 is 0 Å². The van der Waals surface area contributed by atoms with Crippen LogP contribution in [0.2, 0.25) is 5.02 Å². The number of nitrogens with one attached hydrogen (secondary N) is 2. The lowest BCUT2D eigenvalue weighted by atomic mass is 10.1. The molecule has 2 aromatic rings. The highest BCUT2D eigenvalue weighted by atomic mass is 35.5. The van der Waals surface area contributed by atoms with E-state index in [0.29, 0.717) is 22.4 Å². The molecule has 0 atom stereocenters. The summed E-state index contributed by atoms with van der Waals surface area (Å²) in [6.07, 6.45) is 4.08. The molecule has 0 bridgehead atoms. The predicted molar refractivity (Wildman–Crippen MR) is 85.0 cm³/mol. The Hall–Kier alpha value is -1.78. The van der Waals surface area contributed by atoms with Gasteiger partial charge in [0.2, 0.25) is 0 Å². The summed E-state index contributed by atoms with van der Waals surface area (Å²) in [5.41, 5.74) is 1.41. The average Bonchev–Trinajstić information content (AvgIpc) is 2.98. The van der Waals surface area contributed by atoms with Crippen LogP contribution in [0.5, 0.6) is 0 Å². The molecule has 4 nitrogen and oxygen atoms in total. The maximum Gasteiger partial charge on any atom is 0.272 e. The Kier molecular flexibility index (Phi) is 4.27. The van der Waals surface area contributed by atoms with Gasteiger partial charge in [0.25, 0.3) is 5.91 Å². The zero-order valence-corrected chi connectivity index (χ0v) is 12.4. The molecule has 1 aliphatic rings. The molecule has 0 spiro atoms. The first-order valence-corrected chi connectivity index (χ1v) is 7.56. The van der Waals surface area contributed by atoms with Gasteiger partial charge in [0.15, 0.2) is 0 Å². The fourth-order valence-corrected chi connectivity index (χ4v) is 2.94. The molecule has 5 heteroatoms. The van der Waals surface area contributed by atoms with E-state index in [2.05, 4.69) is 15.2 Å². The Bertz CT molecular complexity index is 632. The molecule has 1 amide bonds. The number of rotatable bonds is 3. The third-order valence-corrected chi connectivity index (χ3v) is 4.03. The van der Waals surface area contributed by atoms with E-state index in [4.69, 9.17) is 11.6 Å². The molecule has 2 heterocycles. The van der Waals surface area contributed by atoms with E-state index in [0.717, 1.165) is 25.9 Å².